The van der Waals surface area contributed by atoms with Crippen molar-refractivity contribution in [2.45, 2.75) is 13.1 Å². The molecule has 1 aromatic carbocycles. The Morgan fingerprint density at radius 2 is 1.67 bits per heavy atom. The van der Waals surface area contributed by atoms with Crippen LogP contribution in [0.4, 0.5) is 5.82 Å². The van der Waals surface area contributed by atoms with E-state index in [2.05, 4.69) is 16.9 Å². The molecule has 0 saturated heterocycles. The molecule has 0 aliphatic heterocycles. The van der Waals surface area contributed by atoms with Crippen LogP contribution in [0.25, 0.3) is 0 Å². The molecule has 0 aliphatic carbocycles. The Kier molecular flexibility index (Phi) is 4.18. The predicted molar refractivity (Wildman–Crippen MR) is 75.3 cm³/mol. The Morgan fingerprint density at radius 1 is 1.06 bits per heavy atom. The molecule has 18 heavy (non-hydrogen) atoms. The molecule has 4 heteroatoms. The van der Waals surface area contributed by atoms with Gasteiger partial charge in [-0.2, -0.15) is 0 Å². The van der Waals surface area contributed by atoms with Crippen molar-refractivity contribution in [3.63, 3.8) is 0 Å². The standard InChI is InChI=1S/C14H16ClN3/c1-18(9-11-2-5-13(15)6-3-11)10-12-4-7-14(16)17-8-12/h2-8H,9-10H2,1H3,(H2,16,17). The smallest absolute Gasteiger partial charge is 0.123 e. The van der Waals surface area contributed by atoms with Gasteiger partial charge in [0.05, 0.1) is 0 Å². The van der Waals surface area contributed by atoms with Crippen LogP contribution < -0.4 is 5.73 Å². The molecule has 0 saturated carbocycles. The second-order valence-electron chi connectivity index (χ2n) is 4.39. The van der Waals surface area contributed by atoms with Gasteiger partial charge in [0.1, 0.15) is 5.82 Å². The van der Waals surface area contributed by atoms with Crippen molar-refractivity contribution in [3.8, 4) is 0 Å². The largest absolute Gasteiger partial charge is 0.384 e. The minimum atomic E-state index is 0.555. The number of anilines is 1. The maximum Gasteiger partial charge on any atom is 0.123 e. The van der Waals surface area contributed by atoms with Gasteiger partial charge in [-0.3, -0.25) is 4.90 Å². The lowest BCUT2D eigenvalue weighted by Crippen LogP contribution is -2.17. The molecule has 0 spiro atoms. The molecule has 0 atom stereocenters. The van der Waals surface area contributed by atoms with Crippen molar-refractivity contribution in [1.82, 2.24) is 9.88 Å². The number of nitrogens with two attached hydrogens (primary N) is 1. The van der Waals surface area contributed by atoms with Crippen LogP contribution in [0.5, 0.6) is 0 Å². The van der Waals surface area contributed by atoms with Crippen LogP contribution >= 0.6 is 11.6 Å². The third-order valence-corrected chi connectivity index (χ3v) is 2.92. The second-order valence-corrected chi connectivity index (χ2v) is 4.83. The van der Waals surface area contributed by atoms with Gasteiger partial charge in [-0.1, -0.05) is 29.8 Å². The van der Waals surface area contributed by atoms with E-state index in [0.717, 1.165) is 23.7 Å². The van der Waals surface area contributed by atoms with E-state index < -0.39 is 0 Å². The first-order valence-corrected chi connectivity index (χ1v) is 6.14. The fourth-order valence-electron chi connectivity index (χ4n) is 1.80. The molecule has 0 amide bonds. The highest BCUT2D eigenvalue weighted by Crippen LogP contribution is 2.12. The molecule has 0 bridgehead atoms. The molecule has 2 N–H and O–H groups in total. The zero-order valence-electron chi connectivity index (χ0n) is 10.3. The molecule has 0 unspecified atom stereocenters. The average Bonchev–Trinajstić information content (AvgIpc) is 2.35. The molecule has 2 rings (SSSR count). The summed E-state index contributed by atoms with van der Waals surface area (Å²) in [6.07, 6.45) is 1.81. The molecule has 94 valence electrons. The van der Waals surface area contributed by atoms with E-state index in [1.54, 1.807) is 0 Å². The number of pyridine rings is 1. The van der Waals surface area contributed by atoms with Crippen molar-refractivity contribution in [2.75, 3.05) is 12.8 Å². The quantitative estimate of drug-likeness (QED) is 0.920. The maximum absolute atomic E-state index is 5.86. The van der Waals surface area contributed by atoms with E-state index in [1.165, 1.54) is 5.56 Å². The van der Waals surface area contributed by atoms with E-state index in [9.17, 15) is 0 Å². The van der Waals surface area contributed by atoms with Crippen LogP contribution in [0.1, 0.15) is 11.1 Å². The van der Waals surface area contributed by atoms with Crippen molar-refractivity contribution in [2.24, 2.45) is 0 Å². The zero-order valence-corrected chi connectivity index (χ0v) is 11.1. The van der Waals surface area contributed by atoms with Gasteiger partial charge in [0, 0.05) is 24.3 Å². The monoisotopic (exact) mass is 261 g/mol. The van der Waals surface area contributed by atoms with Crippen LogP contribution in [0, 0.1) is 0 Å². The lowest BCUT2D eigenvalue weighted by atomic mass is 10.2. The number of nitrogens with zero attached hydrogens (tertiary/aromatic N) is 2. The summed E-state index contributed by atoms with van der Waals surface area (Å²) >= 11 is 5.86. The minimum absolute atomic E-state index is 0.555. The molecule has 0 aliphatic rings. The third kappa shape index (κ3) is 3.72. The van der Waals surface area contributed by atoms with Gasteiger partial charge >= 0.3 is 0 Å². The Labute approximate surface area is 112 Å². The summed E-state index contributed by atoms with van der Waals surface area (Å²) in [5.74, 6) is 0.555. The van der Waals surface area contributed by atoms with Crippen molar-refractivity contribution >= 4 is 17.4 Å². The highest BCUT2D eigenvalue weighted by molar-refractivity contribution is 6.30. The number of nitrogen functional groups attached to an aromatic ring is 1. The number of benzene rings is 1. The van der Waals surface area contributed by atoms with E-state index in [4.69, 9.17) is 17.3 Å². The summed E-state index contributed by atoms with van der Waals surface area (Å²) in [5.41, 5.74) is 7.95. The molecule has 0 radical (unpaired) electrons. The zero-order chi connectivity index (χ0) is 13.0. The number of halogens is 1. The summed E-state index contributed by atoms with van der Waals surface area (Å²) in [7, 11) is 2.07. The van der Waals surface area contributed by atoms with Gasteiger partial charge in [0.25, 0.3) is 0 Å². The summed E-state index contributed by atoms with van der Waals surface area (Å²) < 4.78 is 0. The summed E-state index contributed by atoms with van der Waals surface area (Å²) in [6, 6.07) is 11.7. The average molecular weight is 262 g/mol. The Hall–Kier alpha value is -1.58. The van der Waals surface area contributed by atoms with E-state index in [0.29, 0.717) is 5.82 Å². The summed E-state index contributed by atoms with van der Waals surface area (Å²) in [4.78, 5) is 6.30. The minimum Gasteiger partial charge on any atom is -0.384 e. The molecule has 1 aromatic heterocycles. The highest BCUT2D eigenvalue weighted by Gasteiger charge is 2.02. The summed E-state index contributed by atoms with van der Waals surface area (Å²) in [6.45, 7) is 1.72. The van der Waals surface area contributed by atoms with Gasteiger partial charge in [-0.25, -0.2) is 4.98 Å². The van der Waals surface area contributed by atoms with Crippen LogP contribution in [-0.2, 0) is 13.1 Å². The van der Waals surface area contributed by atoms with Crippen LogP contribution in [0.15, 0.2) is 42.6 Å². The normalized spacial score (nSPS) is 10.8. The highest BCUT2D eigenvalue weighted by atomic mass is 35.5. The first-order valence-electron chi connectivity index (χ1n) is 5.77. The van der Waals surface area contributed by atoms with E-state index >= 15 is 0 Å². The van der Waals surface area contributed by atoms with Crippen LogP contribution in [-0.4, -0.2) is 16.9 Å². The molecule has 2 aromatic rings. The lowest BCUT2D eigenvalue weighted by molar-refractivity contribution is 0.319. The van der Waals surface area contributed by atoms with Gasteiger partial charge in [-0.05, 0) is 36.4 Å². The summed E-state index contributed by atoms with van der Waals surface area (Å²) in [5, 5.41) is 0.768. The third-order valence-electron chi connectivity index (χ3n) is 2.67. The number of rotatable bonds is 4. The Morgan fingerprint density at radius 3 is 2.28 bits per heavy atom. The van der Waals surface area contributed by atoms with Crippen molar-refractivity contribution in [3.05, 3.63) is 58.7 Å². The van der Waals surface area contributed by atoms with Gasteiger partial charge in [0.2, 0.25) is 0 Å². The van der Waals surface area contributed by atoms with Crippen LogP contribution in [0.3, 0.4) is 0 Å². The molecular weight excluding hydrogens is 246 g/mol. The molecule has 3 nitrogen and oxygen atoms in total. The van der Waals surface area contributed by atoms with Gasteiger partial charge in [-0.15, -0.1) is 0 Å². The number of hydrogen-bond acceptors (Lipinski definition) is 3. The molecular formula is C14H16ClN3. The maximum atomic E-state index is 5.86. The molecule has 0 fully saturated rings. The Bertz CT molecular complexity index is 446. The number of aromatic nitrogens is 1. The first-order chi connectivity index (χ1) is 8.63. The number of hydrogen-bond donors (Lipinski definition) is 1. The van der Waals surface area contributed by atoms with Crippen LogP contribution in [0.2, 0.25) is 5.02 Å². The van der Waals surface area contributed by atoms with Gasteiger partial charge < -0.3 is 5.73 Å². The lowest BCUT2D eigenvalue weighted by Gasteiger charge is -2.16. The fourth-order valence-corrected chi connectivity index (χ4v) is 1.92. The SMILES string of the molecule is CN(Cc1ccc(Cl)cc1)Cc1ccc(N)nc1. The van der Waals surface area contributed by atoms with Crippen molar-refractivity contribution < 1.29 is 0 Å². The second kappa shape index (κ2) is 5.85. The van der Waals surface area contributed by atoms with E-state index in [-0.39, 0.29) is 0 Å². The Balaban J connectivity index is 1.94. The van der Waals surface area contributed by atoms with Gasteiger partial charge in [0.15, 0.2) is 0 Å². The molecule has 1 heterocycles. The topological polar surface area (TPSA) is 42.1 Å². The predicted octanol–water partition coefficient (Wildman–Crippen LogP) is 2.95. The first kappa shape index (κ1) is 12.9. The van der Waals surface area contributed by atoms with Crippen molar-refractivity contribution in [1.29, 1.82) is 0 Å². The fraction of sp³-hybridized carbons (Fsp3) is 0.214. The van der Waals surface area contributed by atoms with E-state index in [1.807, 2.05) is 42.6 Å².